The van der Waals surface area contributed by atoms with Crippen molar-refractivity contribution in [3.05, 3.63) is 28.2 Å². The number of hydrogen-bond acceptors (Lipinski definition) is 4. The third-order valence-corrected chi connectivity index (χ3v) is 3.64. The number of anilines is 1. The molecule has 1 aliphatic heterocycles. The van der Waals surface area contributed by atoms with Crippen LogP contribution in [0.15, 0.2) is 22.7 Å². The fourth-order valence-corrected chi connectivity index (χ4v) is 2.45. The summed E-state index contributed by atoms with van der Waals surface area (Å²) in [6.07, 6.45) is 0.378. The second-order valence-corrected chi connectivity index (χ2v) is 5.32. The molecule has 0 saturated carbocycles. The Morgan fingerprint density at radius 2 is 2.33 bits per heavy atom. The van der Waals surface area contributed by atoms with Gasteiger partial charge in [-0.3, -0.25) is 4.79 Å². The predicted octanol–water partition coefficient (Wildman–Crippen LogP) is 1.31. The minimum Gasteiger partial charge on any atom is -0.480 e. The third kappa shape index (κ3) is 2.19. The number of carboxylic acids is 1. The quantitative estimate of drug-likeness (QED) is 0.859. The monoisotopic (exact) mass is 309 g/mol. The van der Waals surface area contributed by atoms with Crippen molar-refractivity contribution in [2.75, 3.05) is 18.0 Å². The molecule has 6 heteroatoms. The summed E-state index contributed by atoms with van der Waals surface area (Å²) in [5.41, 5.74) is 5.84. The molecule has 0 aromatic heterocycles. The maximum atomic E-state index is 11.1. The number of nitrogens with two attached hydrogens (primary N) is 1. The fourth-order valence-electron chi connectivity index (χ4n) is 2.09. The van der Waals surface area contributed by atoms with Crippen molar-refractivity contribution < 1.29 is 9.90 Å². The van der Waals surface area contributed by atoms with Crippen molar-refractivity contribution in [3.63, 3.8) is 0 Å². The summed E-state index contributed by atoms with van der Waals surface area (Å²) in [6.45, 7) is 0.762. The van der Waals surface area contributed by atoms with Crippen LogP contribution in [0.2, 0.25) is 0 Å². The summed E-state index contributed by atoms with van der Waals surface area (Å²) in [4.78, 5) is 12.9. The minimum absolute atomic E-state index is 0.221. The summed E-state index contributed by atoms with van der Waals surface area (Å²) in [6, 6.07) is 7.45. The topological polar surface area (TPSA) is 90.4 Å². The molecular weight excluding hydrogens is 298 g/mol. The minimum atomic E-state index is -1.22. The zero-order valence-corrected chi connectivity index (χ0v) is 11.1. The lowest BCUT2D eigenvalue weighted by Crippen LogP contribution is -2.50. The van der Waals surface area contributed by atoms with E-state index in [1.54, 1.807) is 12.1 Å². The maximum absolute atomic E-state index is 11.1. The number of rotatable bonds is 2. The molecule has 2 rings (SSSR count). The summed E-state index contributed by atoms with van der Waals surface area (Å²) < 4.78 is 0.819. The van der Waals surface area contributed by atoms with Gasteiger partial charge in [-0.05, 0) is 24.6 Å². The average Bonchev–Trinajstić information content (AvgIpc) is 2.73. The molecular formula is C12H12BrN3O2. The molecule has 1 aliphatic rings. The van der Waals surface area contributed by atoms with E-state index in [2.05, 4.69) is 22.0 Å². The summed E-state index contributed by atoms with van der Waals surface area (Å²) in [7, 11) is 0. The van der Waals surface area contributed by atoms with Gasteiger partial charge in [-0.15, -0.1) is 0 Å². The zero-order valence-electron chi connectivity index (χ0n) is 9.56. The van der Waals surface area contributed by atoms with Crippen LogP contribution in [0.4, 0.5) is 5.69 Å². The van der Waals surface area contributed by atoms with E-state index in [-0.39, 0.29) is 6.54 Å². The number of nitriles is 1. The standard InChI is InChI=1S/C12H12BrN3O2/c13-9-1-2-10(8(5-9)6-14)16-4-3-12(15,7-16)11(17)18/h1-2,5H,3-4,7,15H2,(H,17,18). The maximum Gasteiger partial charge on any atom is 0.325 e. The lowest BCUT2D eigenvalue weighted by molar-refractivity contribution is -0.142. The fraction of sp³-hybridized carbons (Fsp3) is 0.333. The van der Waals surface area contributed by atoms with Gasteiger partial charge in [0.15, 0.2) is 0 Å². The van der Waals surface area contributed by atoms with Crippen LogP contribution in [0.25, 0.3) is 0 Å². The van der Waals surface area contributed by atoms with Crippen molar-refractivity contribution in [2.45, 2.75) is 12.0 Å². The molecule has 0 spiro atoms. The van der Waals surface area contributed by atoms with Gasteiger partial charge in [-0.25, -0.2) is 0 Å². The Hall–Kier alpha value is -1.58. The second kappa shape index (κ2) is 4.59. The molecule has 1 saturated heterocycles. The molecule has 18 heavy (non-hydrogen) atoms. The van der Waals surface area contributed by atoms with Crippen LogP contribution in [-0.2, 0) is 4.79 Å². The van der Waals surface area contributed by atoms with Gasteiger partial charge in [0.05, 0.1) is 11.3 Å². The number of hydrogen-bond donors (Lipinski definition) is 2. The van der Waals surface area contributed by atoms with Crippen molar-refractivity contribution in [1.82, 2.24) is 0 Å². The normalized spacial score (nSPS) is 22.8. The van der Waals surface area contributed by atoms with Crippen molar-refractivity contribution in [3.8, 4) is 6.07 Å². The largest absolute Gasteiger partial charge is 0.480 e. The van der Waals surface area contributed by atoms with E-state index in [0.717, 1.165) is 10.2 Å². The van der Waals surface area contributed by atoms with Crippen molar-refractivity contribution >= 4 is 27.6 Å². The highest BCUT2D eigenvalue weighted by Gasteiger charge is 2.41. The van der Waals surface area contributed by atoms with Crippen LogP contribution < -0.4 is 10.6 Å². The lowest BCUT2D eigenvalue weighted by atomic mass is 10.0. The number of benzene rings is 1. The summed E-state index contributed by atoms with van der Waals surface area (Å²) >= 11 is 3.30. The third-order valence-electron chi connectivity index (χ3n) is 3.15. The van der Waals surface area contributed by atoms with E-state index in [0.29, 0.717) is 18.5 Å². The highest BCUT2D eigenvalue weighted by atomic mass is 79.9. The highest BCUT2D eigenvalue weighted by Crippen LogP contribution is 2.29. The van der Waals surface area contributed by atoms with E-state index in [9.17, 15) is 4.79 Å². The Balaban J connectivity index is 2.30. The van der Waals surface area contributed by atoms with Gasteiger partial charge in [-0.2, -0.15) is 5.26 Å². The molecule has 1 aromatic carbocycles. The second-order valence-electron chi connectivity index (χ2n) is 4.41. The number of carboxylic acid groups (broad SMARTS) is 1. The molecule has 94 valence electrons. The van der Waals surface area contributed by atoms with Gasteiger partial charge in [0.25, 0.3) is 0 Å². The van der Waals surface area contributed by atoms with Crippen LogP contribution in [0.3, 0.4) is 0 Å². The number of aliphatic carboxylic acids is 1. The van der Waals surface area contributed by atoms with Crippen LogP contribution >= 0.6 is 15.9 Å². The molecule has 1 unspecified atom stereocenters. The number of halogens is 1. The van der Waals surface area contributed by atoms with Crippen molar-refractivity contribution in [1.29, 1.82) is 5.26 Å². The van der Waals surface area contributed by atoms with Gasteiger partial charge in [0.2, 0.25) is 0 Å². The Kier molecular flexibility index (Phi) is 3.28. The van der Waals surface area contributed by atoms with E-state index in [1.165, 1.54) is 0 Å². The first kappa shape index (κ1) is 12.9. The van der Waals surface area contributed by atoms with Gasteiger partial charge in [0.1, 0.15) is 11.6 Å². The van der Waals surface area contributed by atoms with E-state index >= 15 is 0 Å². The lowest BCUT2D eigenvalue weighted by Gasteiger charge is -2.22. The Bertz CT molecular complexity index is 541. The molecule has 0 bridgehead atoms. The molecule has 1 fully saturated rings. The van der Waals surface area contributed by atoms with Crippen LogP contribution in [0.1, 0.15) is 12.0 Å². The molecule has 1 atom stereocenters. The summed E-state index contributed by atoms with van der Waals surface area (Å²) in [5, 5.41) is 18.2. The first-order chi connectivity index (χ1) is 8.46. The van der Waals surface area contributed by atoms with E-state index in [1.807, 2.05) is 11.0 Å². The van der Waals surface area contributed by atoms with Gasteiger partial charge in [0, 0.05) is 17.6 Å². The molecule has 1 heterocycles. The number of nitrogens with zero attached hydrogens (tertiary/aromatic N) is 2. The van der Waals surface area contributed by atoms with Gasteiger partial charge in [-0.1, -0.05) is 15.9 Å². The Labute approximate surface area is 113 Å². The van der Waals surface area contributed by atoms with Crippen LogP contribution in [0.5, 0.6) is 0 Å². The van der Waals surface area contributed by atoms with Crippen molar-refractivity contribution in [2.24, 2.45) is 5.73 Å². The van der Waals surface area contributed by atoms with Gasteiger partial charge >= 0.3 is 5.97 Å². The highest BCUT2D eigenvalue weighted by molar-refractivity contribution is 9.10. The molecule has 0 aliphatic carbocycles. The first-order valence-electron chi connectivity index (χ1n) is 5.43. The summed E-state index contributed by atoms with van der Waals surface area (Å²) in [5.74, 6) is -0.999. The van der Waals surface area contributed by atoms with Crippen LogP contribution in [0, 0.1) is 11.3 Å². The molecule has 5 nitrogen and oxygen atoms in total. The predicted molar refractivity (Wildman–Crippen MR) is 70.2 cm³/mol. The smallest absolute Gasteiger partial charge is 0.325 e. The molecule has 0 amide bonds. The SMILES string of the molecule is N#Cc1cc(Br)ccc1N1CCC(N)(C(=O)O)C1. The molecule has 0 radical (unpaired) electrons. The molecule has 1 aromatic rings. The number of carbonyl (C=O) groups is 1. The first-order valence-corrected chi connectivity index (χ1v) is 6.22. The van der Waals surface area contributed by atoms with E-state index < -0.39 is 11.5 Å². The zero-order chi connectivity index (χ0) is 13.3. The van der Waals surface area contributed by atoms with Gasteiger partial charge < -0.3 is 15.7 Å². The average molecular weight is 310 g/mol. The Morgan fingerprint density at radius 1 is 1.61 bits per heavy atom. The molecule has 3 N–H and O–H groups in total. The Morgan fingerprint density at radius 3 is 2.89 bits per heavy atom. The van der Waals surface area contributed by atoms with Crippen LogP contribution in [-0.4, -0.2) is 29.7 Å². The van der Waals surface area contributed by atoms with E-state index in [4.69, 9.17) is 16.1 Å².